The number of nitrogens with zero attached hydrogens (tertiary/aromatic N) is 3. The SMILES string of the molecule is CCCN(Cc1ccc(C)cc1)C(=O)COC(=O)c1ccc(-c2nnco2)cc1. The minimum absolute atomic E-state index is 0.219. The zero-order chi connectivity index (χ0) is 20.6. The van der Waals surface area contributed by atoms with Gasteiger partial charge < -0.3 is 14.1 Å². The van der Waals surface area contributed by atoms with Crippen LogP contribution in [-0.4, -0.2) is 40.1 Å². The van der Waals surface area contributed by atoms with Crippen LogP contribution in [0.1, 0.15) is 34.8 Å². The van der Waals surface area contributed by atoms with Gasteiger partial charge in [-0.25, -0.2) is 4.79 Å². The highest BCUT2D eigenvalue weighted by Crippen LogP contribution is 2.17. The van der Waals surface area contributed by atoms with Gasteiger partial charge >= 0.3 is 5.97 Å². The molecule has 0 N–H and O–H groups in total. The second-order valence-corrected chi connectivity index (χ2v) is 6.70. The van der Waals surface area contributed by atoms with Gasteiger partial charge in [-0.15, -0.1) is 10.2 Å². The van der Waals surface area contributed by atoms with E-state index in [0.29, 0.717) is 30.1 Å². The van der Waals surface area contributed by atoms with Crippen molar-refractivity contribution in [2.24, 2.45) is 0 Å². The van der Waals surface area contributed by atoms with Crippen molar-refractivity contribution in [2.75, 3.05) is 13.2 Å². The molecule has 0 fully saturated rings. The lowest BCUT2D eigenvalue weighted by atomic mass is 10.1. The number of amides is 1. The molecule has 0 aliphatic heterocycles. The zero-order valence-corrected chi connectivity index (χ0v) is 16.5. The maximum absolute atomic E-state index is 12.6. The van der Waals surface area contributed by atoms with E-state index < -0.39 is 5.97 Å². The molecular formula is C22H23N3O4. The molecule has 29 heavy (non-hydrogen) atoms. The molecule has 1 amide bonds. The van der Waals surface area contributed by atoms with Gasteiger partial charge in [-0.05, 0) is 43.2 Å². The van der Waals surface area contributed by atoms with Crippen LogP contribution in [0, 0.1) is 6.92 Å². The Hall–Kier alpha value is -3.48. The van der Waals surface area contributed by atoms with Crippen LogP contribution in [0.5, 0.6) is 0 Å². The molecule has 0 saturated carbocycles. The first-order valence-electron chi connectivity index (χ1n) is 9.44. The molecule has 7 nitrogen and oxygen atoms in total. The summed E-state index contributed by atoms with van der Waals surface area (Å²) in [4.78, 5) is 26.6. The number of hydrogen-bond acceptors (Lipinski definition) is 6. The van der Waals surface area contributed by atoms with Gasteiger partial charge in [0.2, 0.25) is 12.3 Å². The number of aryl methyl sites for hydroxylation is 1. The van der Waals surface area contributed by atoms with Gasteiger partial charge in [-0.2, -0.15) is 0 Å². The lowest BCUT2D eigenvalue weighted by molar-refractivity contribution is -0.135. The number of esters is 1. The molecule has 0 unspecified atom stereocenters. The van der Waals surface area contributed by atoms with Crippen LogP contribution < -0.4 is 0 Å². The van der Waals surface area contributed by atoms with Crippen LogP contribution >= 0.6 is 0 Å². The van der Waals surface area contributed by atoms with Crippen molar-refractivity contribution in [3.63, 3.8) is 0 Å². The molecule has 0 spiro atoms. The third kappa shape index (κ3) is 5.51. The molecule has 0 aliphatic rings. The number of carbonyl (C=O) groups excluding carboxylic acids is 2. The lowest BCUT2D eigenvalue weighted by Gasteiger charge is -2.22. The van der Waals surface area contributed by atoms with Gasteiger partial charge in [0.1, 0.15) is 0 Å². The van der Waals surface area contributed by atoms with E-state index in [9.17, 15) is 9.59 Å². The molecule has 0 aliphatic carbocycles. The molecule has 0 radical (unpaired) electrons. The van der Waals surface area contributed by atoms with E-state index in [2.05, 4.69) is 10.2 Å². The monoisotopic (exact) mass is 393 g/mol. The predicted molar refractivity (Wildman–Crippen MR) is 107 cm³/mol. The van der Waals surface area contributed by atoms with E-state index >= 15 is 0 Å². The summed E-state index contributed by atoms with van der Waals surface area (Å²) >= 11 is 0. The van der Waals surface area contributed by atoms with Gasteiger partial charge in [0.05, 0.1) is 5.56 Å². The van der Waals surface area contributed by atoms with Crippen LogP contribution in [-0.2, 0) is 16.1 Å². The number of benzene rings is 2. The first kappa shape index (κ1) is 20.3. The van der Waals surface area contributed by atoms with Gasteiger partial charge in [0.15, 0.2) is 6.61 Å². The Morgan fingerprint density at radius 1 is 1.07 bits per heavy atom. The highest BCUT2D eigenvalue weighted by molar-refractivity contribution is 5.91. The van der Waals surface area contributed by atoms with Crippen molar-refractivity contribution in [1.29, 1.82) is 0 Å². The van der Waals surface area contributed by atoms with Crippen molar-refractivity contribution in [3.05, 3.63) is 71.6 Å². The van der Waals surface area contributed by atoms with Crippen LogP contribution in [0.3, 0.4) is 0 Å². The fraction of sp³-hybridized carbons (Fsp3) is 0.273. The Morgan fingerprint density at radius 2 is 1.79 bits per heavy atom. The molecule has 1 aromatic heterocycles. The molecule has 1 heterocycles. The third-order valence-electron chi connectivity index (χ3n) is 4.39. The fourth-order valence-corrected chi connectivity index (χ4v) is 2.83. The minimum Gasteiger partial charge on any atom is -0.452 e. The largest absolute Gasteiger partial charge is 0.452 e. The van der Waals surface area contributed by atoms with Crippen molar-refractivity contribution in [3.8, 4) is 11.5 Å². The third-order valence-corrected chi connectivity index (χ3v) is 4.39. The Bertz CT molecular complexity index is 935. The molecule has 0 saturated heterocycles. The summed E-state index contributed by atoms with van der Waals surface area (Å²) in [6.45, 7) is 4.82. The van der Waals surface area contributed by atoms with Crippen molar-refractivity contribution >= 4 is 11.9 Å². The van der Waals surface area contributed by atoms with Gasteiger partial charge in [-0.3, -0.25) is 4.79 Å². The van der Waals surface area contributed by atoms with Crippen molar-refractivity contribution < 1.29 is 18.7 Å². The van der Waals surface area contributed by atoms with Crippen LogP contribution in [0.2, 0.25) is 0 Å². The van der Waals surface area contributed by atoms with Crippen LogP contribution in [0.25, 0.3) is 11.5 Å². The first-order chi connectivity index (χ1) is 14.1. The smallest absolute Gasteiger partial charge is 0.338 e. The summed E-state index contributed by atoms with van der Waals surface area (Å²) < 4.78 is 10.3. The van der Waals surface area contributed by atoms with E-state index in [1.165, 1.54) is 12.0 Å². The lowest BCUT2D eigenvalue weighted by Crippen LogP contribution is -2.34. The molecule has 0 bridgehead atoms. The van der Waals surface area contributed by atoms with Crippen LogP contribution in [0.4, 0.5) is 0 Å². The molecule has 3 aromatic rings. The second kappa shape index (κ2) is 9.64. The highest BCUT2D eigenvalue weighted by Gasteiger charge is 2.17. The Labute approximate surface area is 169 Å². The number of carbonyl (C=O) groups is 2. The standard InChI is InChI=1S/C22H23N3O4/c1-3-12-25(13-17-6-4-16(2)5-7-17)20(26)14-28-22(27)19-10-8-18(9-11-19)21-24-23-15-29-21/h4-11,15H,3,12-14H2,1-2H3. The van der Waals surface area contributed by atoms with E-state index in [1.54, 1.807) is 29.2 Å². The van der Waals surface area contributed by atoms with Gasteiger partial charge in [0, 0.05) is 18.7 Å². The quantitative estimate of drug-likeness (QED) is 0.543. The van der Waals surface area contributed by atoms with E-state index in [1.807, 2.05) is 38.1 Å². The maximum Gasteiger partial charge on any atom is 0.338 e. The summed E-state index contributed by atoms with van der Waals surface area (Å²) in [5.74, 6) is -0.406. The molecule has 7 heteroatoms. The van der Waals surface area contributed by atoms with E-state index in [0.717, 1.165) is 12.0 Å². The Kier molecular flexibility index (Phi) is 6.73. The molecule has 3 rings (SSSR count). The molecule has 0 atom stereocenters. The summed E-state index contributed by atoms with van der Waals surface area (Å²) in [7, 11) is 0. The summed E-state index contributed by atoms with van der Waals surface area (Å²) in [6, 6.07) is 14.6. The van der Waals surface area contributed by atoms with E-state index in [4.69, 9.17) is 9.15 Å². The predicted octanol–water partition coefficient (Wildman–Crippen LogP) is 3.64. The Morgan fingerprint density at radius 3 is 2.41 bits per heavy atom. The Balaban J connectivity index is 1.57. The van der Waals surface area contributed by atoms with Gasteiger partial charge in [0.25, 0.3) is 5.91 Å². The number of rotatable bonds is 8. The normalized spacial score (nSPS) is 10.6. The maximum atomic E-state index is 12.6. The fourth-order valence-electron chi connectivity index (χ4n) is 2.83. The zero-order valence-electron chi connectivity index (χ0n) is 16.5. The summed E-state index contributed by atoms with van der Waals surface area (Å²) in [5.41, 5.74) is 3.26. The summed E-state index contributed by atoms with van der Waals surface area (Å²) in [6.07, 6.45) is 2.06. The first-order valence-corrected chi connectivity index (χ1v) is 9.44. The topological polar surface area (TPSA) is 85.5 Å². The summed E-state index contributed by atoms with van der Waals surface area (Å²) in [5, 5.41) is 7.43. The second-order valence-electron chi connectivity index (χ2n) is 6.70. The van der Waals surface area contributed by atoms with Crippen molar-refractivity contribution in [1.82, 2.24) is 15.1 Å². The minimum atomic E-state index is -0.554. The van der Waals surface area contributed by atoms with Crippen LogP contribution in [0.15, 0.2) is 59.3 Å². The molecule has 150 valence electrons. The average molecular weight is 393 g/mol. The average Bonchev–Trinajstić information content (AvgIpc) is 3.28. The molecular weight excluding hydrogens is 370 g/mol. The molecule has 2 aromatic carbocycles. The number of ether oxygens (including phenoxy) is 1. The highest BCUT2D eigenvalue weighted by atomic mass is 16.5. The number of hydrogen-bond donors (Lipinski definition) is 0. The van der Waals surface area contributed by atoms with Gasteiger partial charge in [-0.1, -0.05) is 36.8 Å². The van der Waals surface area contributed by atoms with Crippen molar-refractivity contribution in [2.45, 2.75) is 26.8 Å². The number of aromatic nitrogens is 2. The van der Waals surface area contributed by atoms with E-state index in [-0.39, 0.29) is 12.5 Å².